The van der Waals surface area contributed by atoms with E-state index in [0.717, 1.165) is 43.5 Å². The molecule has 6 heteroatoms. The molecule has 1 unspecified atom stereocenters. The van der Waals surface area contributed by atoms with E-state index in [1.807, 2.05) is 18.2 Å². The number of hydrogen-bond donors (Lipinski definition) is 2. The van der Waals surface area contributed by atoms with Gasteiger partial charge in [0, 0.05) is 37.1 Å². The summed E-state index contributed by atoms with van der Waals surface area (Å²) in [5.74, 6) is 0. The molecule has 1 aliphatic carbocycles. The lowest BCUT2D eigenvalue weighted by molar-refractivity contribution is 0.458. The quantitative estimate of drug-likeness (QED) is 0.653. The van der Waals surface area contributed by atoms with Crippen LogP contribution in [-0.4, -0.2) is 36.5 Å². The van der Waals surface area contributed by atoms with Gasteiger partial charge >= 0.3 is 0 Å². The number of aryl methyl sites for hydroxylation is 1. The van der Waals surface area contributed by atoms with Crippen LogP contribution in [0.15, 0.2) is 53.3 Å². The van der Waals surface area contributed by atoms with Crippen molar-refractivity contribution >= 4 is 17.3 Å². The third kappa shape index (κ3) is 4.26. The van der Waals surface area contributed by atoms with Crippen LogP contribution in [0.5, 0.6) is 0 Å². The van der Waals surface area contributed by atoms with Crippen LogP contribution in [0.25, 0.3) is 5.69 Å². The molecular weight excluding hydrogens is 384 g/mol. The van der Waals surface area contributed by atoms with Crippen molar-refractivity contribution in [2.24, 2.45) is 0 Å². The second-order valence-corrected chi connectivity index (χ2v) is 8.28. The average molecular weight is 411 g/mol. The Balaban J connectivity index is 1.41. The van der Waals surface area contributed by atoms with E-state index in [2.05, 4.69) is 53.7 Å². The Morgan fingerprint density at radius 2 is 2.03 bits per heavy atom. The van der Waals surface area contributed by atoms with Gasteiger partial charge in [0.15, 0.2) is 0 Å². The van der Waals surface area contributed by atoms with Crippen LogP contribution in [0.1, 0.15) is 23.2 Å². The van der Waals surface area contributed by atoms with Crippen molar-refractivity contribution in [1.82, 2.24) is 15.1 Å². The van der Waals surface area contributed by atoms with Crippen LogP contribution in [0.2, 0.25) is 5.02 Å². The molecule has 0 amide bonds. The largest absolute Gasteiger partial charge is 0.378 e. The Labute approximate surface area is 176 Å². The predicted molar refractivity (Wildman–Crippen MR) is 120 cm³/mol. The summed E-state index contributed by atoms with van der Waals surface area (Å²) in [6, 6.07) is 16.4. The molecule has 5 nitrogen and oxygen atoms in total. The first kappa shape index (κ1) is 19.8. The van der Waals surface area contributed by atoms with Crippen LogP contribution in [0, 0.1) is 0 Å². The Bertz CT molecular complexity index is 1050. The molecule has 0 bridgehead atoms. The molecule has 29 heavy (non-hydrogen) atoms. The summed E-state index contributed by atoms with van der Waals surface area (Å²) in [4.78, 5) is 15.1. The fraction of sp³-hybridized carbons (Fsp3) is 0.348. The number of H-pyrrole nitrogens is 1. The number of aromatic amines is 1. The molecule has 2 N–H and O–H groups in total. The van der Waals surface area contributed by atoms with Crippen LogP contribution < -0.4 is 15.8 Å². The fourth-order valence-corrected chi connectivity index (χ4v) is 4.21. The molecule has 1 atom stereocenters. The highest BCUT2D eigenvalue weighted by molar-refractivity contribution is 6.32. The molecule has 0 radical (unpaired) electrons. The average Bonchev–Trinajstić information content (AvgIpc) is 3.05. The van der Waals surface area contributed by atoms with Crippen LogP contribution in [0.3, 0.4) is 0 Å². The summed E-state index contributed by atoms with van der Waals surface area (Å²) in [5.41, 5.74) is 5.17. The Hall–Kier alpha value is -2.50. The van der Waals surface area contributed by atoms with Gasteiger partial charge in [0.05, 0.1) is 10.7 Å². The molecule has 1 aromatic heterocycles. The minimum absolute atomic E-state index is 0.0123. The van der Waals surface area contributed by atoms with Crippen molar-refractivity contribution in [2.45, 2.75) is 31.7 Å². The lowest BCUT2D eigenvalue weighted by Crippen LogP contribution is -2.37. The molecule has 1 heterocycles. The van der Waals surface area contributed by atoms with Crippen molar-refractivity contribution in [3.63, 3.8) is 0 Å². The molecule has 3 aromatic rings. The summed E-state index contributed by atoms with van der Waals surface area (Å²) in [6.45, 7) is 0.903. The molecule has 152 valence electrons. The molecule has 0 spiro atoms. The SMILES string of the molecule is CN(C)c1cccc(CCNC2CCc3[nH]n(-c4ccccc4Cl)c(=O)c3C2)c1. The number of halogens is 1. The monoisotopic (exact) mass is 410 g/mol. The summed E-state index contributed by atoms with van der Waals surface area (Å²) >= 11 is 6.29. The maximum Gasteiger partial charge on any atom is 0.274 e. The van der Waals surface area contributed by atoms with Gasteiger partial charge in [0.1, 0.15) is 0 Å². The number of rotatable bonds is 6. The normalized spacial score (nSPS) is 15.9. The van der Waals surface area contributed by atoms with E-state index in [-0.39, 0.29) is 5.56 Å². The van der Waals surface area contributed by atoms with E-state index in [1.54, 1.807) is 10.7 Å². The van der Waals surface area contributed by atoms with Gasteiger partial charge < -0.3 is 10.2 Å². The van der Waals surface area contributed by atoms with Gasteiger partial charge in [0.2, 0.25) is 0 Å². The second-order valence-electron chi connectivity index (χ2n) is 7.87. The maximum absolute atomic E-state index is 12.9. The topological polar surface area (TPSA) is 53.1 Å². The number of benzene rings is 2. The van der Waals surface area contributed by atoms with Gasteiger partial charge in [-0.15, -0.1) is 0 Å². The van der Waals surface area contributed by atoms with Crippen molar-refractivity contribution in [2.75, 3.05) is 25.5 Å². The minimum Gasteiger partial charge on any atom is -0.378 e. The van der Waals surface area contributed by atoms with E-state index in [9.17, 15) is 4.79 Å². The summed E-state index contributed by atoms with van der Waals surface area (Å²) < 4.78 is 1.59. The molecule has 0 fully saturated rings. The standard InChI is InChI=1S/C23H27ClN4O/c1-27(2)18-7-5-6-16(14-18)12-13-25-17-10-11-21-19(15-17)23(29)28(26-21)22-9-4-3-8-20(22)24/h3-9,14,17,25-26H,10-13,15H2,1-2H3. The molecule has 0 saturated carbocycles. The first-order valence-corrected chi connectivity index (χ1v) is 10.5. The summed E-state index contributed by atoms with van der Waals surface area (Å²) in [6.07, 6.45) is 3.62. The maximum atomic E-state index is 12.9. The molecule has 4 rings (SSSR count). The van der Waals surface area contributed by atoms with E-state index in [1.165, 1.54) is 11.3 Å². The van der Waals surface area contributed by atoms with Crippen molar-refractivity contribution in [3.8, 4) is 5.69 Å². The van der Waals surface area contributed by atoms with Crippen molar-refractivity contribution in [3.05, 3.63) is 80.7 Å². The lowest BCUT2D eigenvalue weighted by atomic mass is 9.93. The van der Waals surface area contributed by atoms with Crippen LogP contribution >= 0.6 is 11.6 Å². The highest BCUT2D eigenvalue weighted by atomic mass is 35.5. The van der Waals surface area contributed by atoms with Gasteiger partial charge in [-0.1, -0.05) is 35.9 Å². The number of fused-ring (bicyclic) bond motifs is 1. The van der Waals surface area contributed by atoms with Gasteiger partial charge in [-0.25, -0.2) is 4.68 Å². The Morgan fingerprint density at radius 1 is 1.21 bits per heavy atom. The Kier molecular flexibility index (Phi) is 5.79. The summed E-state index contributed by atoms with van der Waals surface area (Å²) in [5, 5.41) is 7.48. The first-order chi connectivity index (χ1) is 14.0. The smallest absolute Gasteiger partial charge is 0.274 e. The zero-order valence-electron chi connectivity index (χ0n) is 16.9. The van der Waals surface area contributed by atoms with Crippen LogP contribution in [-0.2, 0) is 19.3 Å². The number of nitrogens with one attached hydrogen (secondary N) is 2. The van der Waals surface area contributed by atoms with Gasteiger partial charge in [-0.05, 0) is 62.1 Å². The molecule has 1 aliphatic rings. The number of anilines is 1. The Morgan fingerprint density at radius 3 is 2.83 bits per heavy atom. The van der Waals surface area contributed by atoms with Crippen molar-refractivity contribution in [1.29, 1.82) is 0 Å². The zero-order chi connectivity index (χ0) is 20.4. The van der Waals surface area contributed by atoms with Gasteiger partial charge in [-0.3, -0.25) is 9.89 Å². The van der Waals surface area contributed by atoms with E-state index in [0.29, 0.717) is 16.8 Å². The predicted octanol–water partition coefficient (Wildman–Crippen LogP) is 3.57. The lowest BCUT2D eigenvalue weighted by Gasteiger charge is -2.22. The van der Waals surface area contributed by atoms with Gasteiger partial charge in [-0.2, -0.15) is 0 Å². The second kappa shape index (κ2) is 8.47. The van der Waals surface area contributed by atoms with E-state index < -0.39 is 0 Å². The highest BCUT2D eigenvalue weighted by Gasteiger charge is 2.24. The summed E-state index contributed by atoms with van der Waals surface area (Å²) in [7, 11) is 4.12. The van der Waals surface area contributed by atoms with Crippen LogP contribution in [0.4, 0.5) is 5.69 Å². The highest BCUT2D eigenvalue weighted by Crippen LogP contribution is 2.22. The fourth-order valence-electron chi connectivity index (χ4n) is 3.99. The van der Waals surface area contributed by atoms with Crippen molar-refractivity contribution < 1.29 is 0 Å². The number of aromatic nitrogens is 2. The van der Waals surface area contributed by atoms with E-state index >= 15 is 0 Å². The molecule has 2 aromatic carbocycles. The third-order valence-electron chi connectivity index (χ3n) is 5.63. The van der Waals surface area contributed by atoms with Gasteiger partial charge in [0.25, 0.3) is 5.56 Å². The molecule has 0 saturated heterocycles. The number of hydrogen-bond acceptors (Lipinski definition) is 3. The molecular formula is C23H27ClN4O. The number of nitrogens with zero attached hydrogens (tertiary/aromatic N) is 2. The first-order valence-electron chi connectivity index (χ1n) is 10.1. The molecule has 0 aliphatic heterocycles. The zero-order valence-corrected chi connectivity index (χ0v) is 17.7. The number of para-hydroxylation sites is 1. The minimum atomic E-state index is 0.0123. The third-order valence-corrected chi connectivity index (χ3v) is 5.95. The van der Waals surface area contributed by atoms with E-state index in [4.69, 9.17) is 11.6 Å².